The Labute approximate surface area is 487 Å². The molecule has 6 amide bonds. The summed E-state index contributed by atoms with van der Waals surface area (Å²) in [7, 11) is 0. The van der Waals surface area contributed by atoms with E-state index in [1.165, 1.54) is 61.5 Å². The van der Waals surface area contributed by atoms with Gasteiger partial charge in [-0.1, -0.05) is 49.4 Å². The Bertz CT molecular complexity index is 3360. The van der Waals surface area contributed by atoms with E-state index in [0.29, 0.717) is 16.5 Å². The van der Waals surface area contributed by atoms with Crippen LogP contribution in [-0.2, 0) is 54.4 Å². The minimum Gasteiger partial charge on any atom is -0.508 e. The number of phenolic OH excluding ortho intramolecular Hbond substituents is 1. The topological polar surface area (TPSA) is 430 Å². The summed E-state index contributed by atoms with van der Waals surface area (Å²) in [5.41, 5.74) is 17.3. The van der Waals surface area contributed by atoms with Gasteiger partial charge in [0.05, 0.1) is 36.3 Å². The van der Waals surface area contributed by atoms with Crippen molar-refractivity contribution < 1.29 is 82.4 Å². The van der Waals surface area contributed by atoms with E-state index in [1.54, 1.807) is 37.3 Å². The van der Waals surface area contributed by atoms with E-state index in [4.69, 9.17) is 21.6 Å². The predicted octanol–water partition coefficient (Wildman–Crippen LogP) is 2.89. The van der Waals surface area contributed by atoms with Crippen LogP contribution in [0, 0.1) is 17.8 Å². The average molecular weight is 1180 g/mol. The van der Waals surface area contributed by atoms with Gasteiger partial charge in [-0.3, -0.25) is 57.5 Å². The van der Waals surface area contributed by atoms with E-state index < -0.39 is 165 Å². The van der Waals surface area contributed by atoms with Crippen LogP contribution in [0.1, 0.15) is 124 Å². The minimum absolute atomic E-state index is 0.00935. The number of carboxylic acid groups (broad SMARTS) is 1. The number of primary amides is 3. The number of benzene rings is 4. The SMILES string of the molecule is CCC(=O)[C@H](Cc1ccccc1)NC(=O)[C@@H](CC(=O)[C@H](CCC(N)=O)NC(=O)[C@H](CCC(N)=O)CC(=O)[C@H](CO)NC(=O)[C@H](CCC(N)=O)CC(=O)CCCC(=O)c1ccc(-c2c3ccc(=O)cc-3oc3cc(O)ccc23)c(C(=O)O)c1)C(C)O. The Morgan fingerprint density at radius 2 is 1.20 bits per heavy atom. The van der Waals surface area contributed by atoms with Crippen molar-refractivity contribution in [2.45, 2.75) is 128 Å². The van der Waals surface area contributed by atoms with Crippen molar-refractivity contribution >= 4 is 81.3 Å². The van der Waals surface area contributed by atoms with Crippen molar-refractivity contribution in [1.29, 1.82) is 0 Å². The second-order valence-electron chi connectivity index (χ2n) is 20.9. The summed E-state index contributed by atoms with van der Waals surface area (Å²) in [5.74, 6) is -14.4. The molecule has 85 heavy (non-hydrogen) atoms. The first-order valence-electron chi connectivity index (χ1n) is 27.6. The molecule has 3 aromatic carbocycles. The lowest BCUT2D eigenvalue weighted by Gasteiger charge is -2.26. The fourth-order valence-corrected chi connectivity index (χ4v) is 9.77. The molecule has 0 radical (unpaired) electrons. The summed E-state index contributed by atoms with van der Waals surface area (Å²) in [6, 6.07) is 16.6. The summed E-state index contributed by atoms with van der Waals surface area (Å²) in [6.45, 7) is 1.81. The van der Waals surface area contributed by atoms with Gasteiger partial charge in [0.2, 0.25) is 35.4 Å². The van der Waals surface area contributed by atoms with Gasteiger partial charge in [-0.15, -0.1) is 0 Å². The number of carboxylic acids is 1. The maximum absolute atomic E-state index is 14.0. The average Bonchev–Trinajstić information content (AvgIpc) is 1.19. The number of aliphatic hydroxyl groups is 2. The number of hydrogen-bond donors (Lipinski definition) is 10. The molecule has 0 aromatic heterocycles. The van der Waals surface area contributed by atoms with E-state index in [1.807, 2.05) is 0 Å². The van der Waals surface area contributed by atoms with E-state index in [-0.39, 0.29) is 83.5 Å². The predicted molar refractivity (Wildman–Crippen MR) is 306 cm³/mol. The second kappa shape index (κ2) is 31.4. The number of aromatic hydroxyl groups is 1. The minimum atomic E-state index is -1.74. The lowest BCUT2D eigenvalue weighted by atomic mass is 9.89. The van der Waals surface area contributed by atoms with Crippen LogP contribution in [0.2, 0.25) is 0 Å². The van der Waals surface area contributed by atoms with Crippen LogP contribution in [0.5, 0.6) is 5.75 Å². The van der Waals surface area contributed by atoms with E-state index in [2.05, 4.69) is 16.0 Å². The van der Waals surface area contributed by atoms with Crippen LogP contribution in [0.15, 0.2) is 94.1 Å². The Morgan fingerprint density at radius 1 is 0.612 bits per heavy atom. The van der Waals surface area contributed by atoms with Gasteiger partial charge in [-0.05, 0) is 80.5 Å². The fraction of sp³-hybridized carbons (Fsp3) is 0.393. The van der Waals surface area contributed by atoms with Crippen molar-refractivity contribution in [2.24, 2.45) is 35.0 Å². The highest BCUT2D eigenvalue weighted by atomic mass is 16.4. The Hall–Kier alpha value is -9.29. The normalized spacial score (nSPS) is 13.7. The molecule has 0 spiro atoms. The molecule has 1 aliphatic carbocycles. The molecule has 7 atom stereocenters. The first-order valence-corrected chi connectivity index (χ1v) is 27.6. The van der Waals surface area contributed by atoms with Gasteiger partial charge in [0.1, 0.15) is 28.9 Å². The summed E-state index contributed by atoms with van der Waals surface area (Å²) in [5, 5.41) is 49.4. The van der Waals surface area contributed by atoms with Gasteiger partial charge >= 0.3 is 5.97 Å². The van der Waals surface area contributed by atoms with Gasteiger partial charge < -0.3 is 58.0 Å². The molecule has 2 aliphatic rings. The highest BCUT2D eigenvalue weighted by Gasteiger charge is 2.36. The third kappa shape index (κ3) is 19.4. The number of rotatable bonds is 36. The van der Waals surface area contributed by atoms with Gasteiger partial charge in [0, 0.05) is 104 Å². The van der Waals surface area contributed by atoms with Gasteiger partial charge in [-0.25, -0.2) is 4.79 Å². The molecule has 13 N–H and O–H groups in total. The molecular weight excluding hydrogens is 1100 g/mol. The lowest BCUT2D eigenvalue weighted by molar-refractivity contribution is -0.137. The Balaban J connectivity index is 1.25. The summed E-state index contributed by atoms with van der Waals surface area (Å²) in [4.78, 5) is 170. The molecule has 1 aliphatic heterocycles. The molecule has 1 heterocycles. The number of fused-ring (bicyclic) bond motifs is 2. The number of carbonyl (C=O) groups is 12. The first kappa shape index (κ1) is 66.5. The maximum atomic E-state index is 14.0. The largest absolute Gasteiger partial charge is 0.508 e. The van der Waals surface area contributed by atoms with Crippen molar-refractivity contribution in [1.82, 2.24) is 16.0 Å². The smallest absolute Gasteiger partial charge is 0.336 e. The van der Waals surface area contributed by atoms with Crippen LogP contribution in [-0.4, -0.2) is 122 Å². The molecule has 5 rings (SSSR count). The molecule has 0 saturated carbocycles. The molecular formula is C61H70N6O18. The number of carbonyl (C=O) groups excluding carboxylic acids is 11. The van der Waals surface area contributed by atoms with Gasteiger partial charge in [0.25, 0.3) is 0 Å². The molecule has 0 fully saturated rings. The zero-order valence-electron chi connectivity index (χ0n) is 47.0. The van der Waals surface area contributed by atoms with Gasteiger partial charge in [0.15, 0.2) is 28.6 Å². The van der Waals surface area contributed by atoms with E-state index in [9.17, 15) is 82.8 Å². The number of Topliss-reactive ketones (excluding diaryl/α,β-unsaturated/α-hetero) is 5. The van der Waals surface area contributed by atoms with E-state index in [0.717, 1.165) is 5.56 Å². The zero-order valence-corrected chi connectivity index (χ0v) is 47.0. The number of aliphatic hydroxyl groups excluding tert-OH is 2. The summed E-state index contributed by atoms with van der Waals surface area (Å²) < 4.78 is 5.87. The molecule has 0 saturated heterocycles. The van der Waals surface area contributed by atoms with Crippen molar-refractivity contribution in [3.63, 3.8) is 0 Å². The van der Waals surface area contributed by atoms with Crippen LogP contribution >= 0.6 is 0 Å². The highest BCUT2D eigenvalue weighted by molar-refractivity contribution is 6.09. The third-order valence-electron chi connectivity index (χ3n) is 14.5. The van der Waals surface area contributed by atoms with Crippen molar-refractivity contribution in [3.05, 3.63) is 112 Å². The number of amides is 6. The third-order valence-corrected chi connectivity index (χ3v) is 14.5. The van der Waals surface area contributed by atoms with Gasteiger partial charge in [-0.2, -0.15) is 0 Å². The number of ketones is 5. The fourth-order valence-electron chi connectivity index (χ4n) is 9.77. The molecule has 24 nitrogen and oxygen atoms in total. The first-order chi connectivity index (χ1) is 40.3. The highest BCUT2D eigenvalue weighted by Crippen LogP contribution is 2.42. The second-order valence-corrected chi connectivity index (χ2v) is 20.9. The van der Waals surface area contributed by atoms with Crippen molar-refractivity contribution in [3.8, 4) is 28.2 Å². The van der Waals surface area contributed by atoms with Crippen molar-refractivity contribution in [2.75, 3.05) is 6.61 Å². The maximum Gasteiger partial charge on any atom is 0.336 e. The standard InChI is InChI=1S/C61H70N6O18/c1-3-48(73)46(24-33-8-5-4-6-9-33)66-60(82)43(32(2)69)30-51(76)45(20-23-56(64)79)65-59(81)36(14-22-55(63)78)27-50(75)47(31-68)67-58(80)35(13-21-54(62)77)25-37(70)10-7-11-49(74)34-12-17-40(44(26-34)61(83)84)57-41-18-15-38(71)28-52(41)85-53-29-39(72)16-19-42(53)57/h4-6,8-9,12,15-19,26,28-29,32,35-36,43,45-47,68-69,71H,3,7,10-11,13-14,20-25,27,30-31H2,1-2H3,(H2,62,77)(H2,63,78)(H2,64,79)(H,65,81)(H,66,82)(H,67,80)(H,83,84)/t32?,35-,36-,43+,45+,46+,47+/m1/s1. The monoisotopic (exact) mass is 1170 g/mol. The molecule has 3 aromatic rings. The van der Waals surface area contributed by atoms with Crippen LogP contribution < -0.4 is 38.6 Å². The molecule has 24 heteroatoms. The molecule has 452 valence electrons. The lowest BCUT2D eigenvalue weighted by Crippen LogP contribution is -2.50. The molecule has 0 bridgehead atoms. The Morgan fingerprint density at radius 3 is 1.80 bits per heavy atom. The number of phenols is 1. The van der Waals surface area contributed by atoms with Crippen LogP contribution in [0.25, 0.3) is 33.4 Å². The number of nitrogens with two attached hydrogens (primary N) is 3. The van der Waals surface area contributed by atoms with E-state index >= 15 is 0 Å². The van der Waals surface area contributed by atoms with Crippen LogP contribution in [0.4, 0.5) is 0 Å². The molecule has 1 unspecified atom stereocenters. The quantitative estimate of drug-likeness (QED) is 0.0204. The summed E-state index contributed by atoms with van der Waals surface area (Å²) in [6.07, 6.45) is -6.33. The summed E-state index contributed by atoms with van der Waals surface area (Å²) >= 11 is 0. The van der Waals surface area contributed by atoms with Crippen LogP contribution in [0.3, 0.4) is 0 Å². The number of hydrogen-bond acceptors (Lipinski definition) is 17. The number of nitrogens with one attached hydrogen (secondary N) is 3. The zero-order chi connectivity index (χ0) is 62.7. The number of aromatic carboxylic acids is 1. The Kier molecular flexibility index (Phi) is 24.6.